The molecule has 0 amide bonds. The van der Waals surface area contributed by atoms with Gasteiger partial charge in [0.25, 0.3) is 0 Å². The number of fused-ring (bicyclic) bond motifs is 1. The highest BCUT2D eigenvalue weighted by molar-refractivity contribution is 7.80. The van der Waals surface area contributed by atoms with Gasteiger partial charge in [-0.05, 0) is 61.0 Å². The van der Waals surface area contributed by atoms with Gasteiger partial charge in [-0.1, -0.05) is 25.5 Å². The number of hydrogen-bond acceptors (Lipinski definition) is 3. The van der Waals surface area contributed by atoms with Crippen molar-refractivity contribution in [3.8, 4) is 0 Å². The van der Waals surface area contributed by atoms with E-state index in [0.29, 0.717) is 11.0 Å². The minimum Gasteiger partial charge on any atom is -0.441 e. The number of nitrogens with one attached hydrogen (secondary N) is 2. The topological polar surface area (TPSA) is 50.1 Å². The average molecular weight is 339 g/mol. The summed E-state index contributed by atoms with van der Waals surface area (Å²) in [7, 11) is 0. The molecule has 124 valence electrons. The molecule has 0 aliphatic rings. The van der Waals surface area contributed by atoms with Crippen molar-refractivity contribution in [1.29, 1.82) is 0 Å². The van der Waals surface area contributed by atoms with E-state index < -0.39 is 0 Å². The van der Waals surface area contributed by atoms with Crippen LogP contribution in [0, 0.1) is 6.92 Å². The molecule has 0 aliphatic heterocycles. The second-order valence-corrected chi connectivity index (χ2v) is 6.20. The van der Waals surface area contributed by atoms with Gasteiger partial charge in [0.2, 0.25) is 0 Å². The molecule has 0 saturated carbocycles. The fraction of sp³-hybridized carbons (Fsp3) is 0.263. The lowest BCUT2D eigenvalue weighted by Crippen LogP contribution is -2.18. The highest BCUT2D eigenvalue weighted by Gasteiger charge is 2.05. The van der Waals surface area contributed by atoms with Crippen molar-refractivity contribution in [2.75, 3.05) is 10.6 Å². The van der Waals surface area contributed by atoms with Crippen molar-refractivity contribution in [3.05, 3.63) is 53.9 Å². The zero-order valence-corrected chi connectivity index (χ0v) is 14.7. The van der Waals surface area contributed by atoms with Gasteiger partial charge in [-0.25, -0.2) is 4.98 Å². The molecule has 0 unspecified atom stereocenters. The number of anilines is 2. The maximum Gasteiger partial charge on any atom is 0.192 e. The SMILES string of the molecule is CCCCc1ccc(NC(=S)Nc2ccc3oc(C)nc3c2)cc1. The standard InChI is InChI=1S/C19H21N3OS/c1-3-4-5-14-6-8-15(9-7-14)21-19(24)22-16-10-11-18-17(12-16)20-13(2)23-18/h6-12H,3-5H2,1-2H3,(H2,21,22,24). The fourth-order valence-electron chi connectivity index (χ4n) is 2.55. The molecule has 2 N–H and O–H groups in total. The van der Waals surface area contributed by atoms with E-state index in [9.17, 15) is 0 Å². The zero-order valence-electron chi connectivity index (χ0n) is 13.9. The quantitative estimate of drug-likeness (QED) is 0.619. The van der Waals surface area contributed by atoms with E-state index in [2.05, 4.69) is 46.8 Å². The second kappa shape index (κ2) is 7.45. The van der Waals surface area contributed by atoms with Crippen LogP contribution in [-0.2, 0) is 6.42 Å². The minimum absolute atomic E-state index is 0.552. The molecule has 1 heterocycles. The molecule has 24 heavy (non-hydrogen) atoms. The van der Waals surface area contributed by atoms with E-state index in [-0.39, 0.29) is 0 Å². The van der Waals surface area contributed by atoms with E-state index >= 15 is 0 Å². The molecular formula is C19H21N3OS. The van der Waals surface area contributed by atoms with Crippen LogP contribution in [0.4, 0.5) is 11.4 Å². The Hall–Kier alpha value is -2.40. The Kier molecular flexibility index (Phi) is 5.11. The number of aryl methyl sites for hydroxylation is 2. The third kappa shape index (κ3) is 4.11. The third-order valence-electron chi connectivity index (χ3n) is 3.78. The number of aromatic nitrogens is 1. The summed E-state index contributed by atoms with van der Waals surface area (Å²) in [4.78, 5) is 4.33. The van der Waals surface area contributed by atoms with Crippen LogP contribution >= 0.6 is 12.2 Å². The summed E-state index contributed by atoms with van der Waals surface area (Å²) in [6.07, 6.45) is 3.55. The Balaban J connectivity index is 1.61. The molecule has 1 aromatic heterocycles. The number of benzene rings is 2. The summed E-state index contributed by atoms with van der Waals surface area (Å²) in [5.41, 5.74) is 4.81. The Morgan fingerprint density at radius 3 is 2.54 bits per heavy atom. The van der Waals surface area contributed by atoms with E-state index in [4.69, 9.17) is 16.6 Å². The Morgan fingerprint density at radius 2 is 1.79 bits per heavy atom. The highest BCUT2D eigenvalue weighted by Crippen LogP contribution is 2.20. The minimum atomic E-state index is 0.552. The molecule has 3 rings (SSSR count). The maximum absolute atomic E-state index is 5.48. The third-order valence-corrected chi connectivity index (χ3v) is 3.99. The van der Waals surface area contributed by atoms with Gasteiger partial charge in [0.15, 0.2) is 16.6 Å². The molecule has 0 spiro atoms. The van der Waals surface area contributed by atoms with E-state index in [0.717, 1.165) is 28.9 Å². The number of rotatable bonds is 5. The van der Waals surface area contributed by atoms with Gasteiger partial charge in [0.05, 0.1) is 0 Å². The lowest BCUT2D eigenvalue weighted by Gasteiger charge is -2.11. The van der Waals surface area contributed by atoms with E-state index in [1.54, 1.807) is 0 Å². The summed E-state index contributed by atoms with van der Waals surface area (Å²) >= 11 is 5.38. The molecule has 3 aromatic rings. The van der Waals surface area contributed by atoms with Crippen molar-refractivity contribution >= 4 is 39.8 Å². The largest absolute Gasteiger partial charge is 0.441 e. The molecule has 4 nitrogen and oxygen atoms in total. The van der Waals surface area contributed by atoms with Gasteiger partial charge in [0, 0.05) is 18.3 Å². The van der Waals surface area contributed by atoms with Crippen LogP contribution in [0.5, 0.6) is 0 Å². The first-order valence-corrected chi connectivity index (χ1v) is 8.59. The molecule has 2 aromatic carbocycles. The normalized spacial score (nSPS) is 10.8. The maximum atomic E-state index is 5.48. The van der Waals surface area contributed by atoms with Gasteiger partial charge in [-0.3, -0.25) is 0 Å². The van der Waals surface area contributed by atoms with Crippen LogP contribution in [0.3, 0.4) is 0 Å². The number of thiocarbonyl (C=S) groups is 1. The van der Waals surface area contributed by atoms with Crippen molar-refractivity contribution in [2.45, 2.75) is 33.1 Å². The van der Waals surface area contributed by atoms with Crippen molar-refractivity contribution in [3.63, 3.8) is 0 Å². The molecule has 0 bridgehead atoms. The van der Waals surface area contributed by atoms with Gasteiger partial charge in [-0.15, -0.1) is 0 Å². The van der Waals surface area contributed by atoms with Gasteiger partial charge >= 0.3 is 0 Å². The molecule has 0 aliphatic carbocycles. The number of oxazole rings is 1. The van der Waals surface area contributed by atoms with E-state index in [1.165, 1.54) is 18.4 Å². The Bertz CT molecular complexity index is 839. The molecule has 0 radical (unpaired) electrons. The van der Waals surface area contributed by atoms with Crippen molar-refractivity contribution in [2.24, 2.45) is 0 Å². The Morgan fingerprint density at radius 1 is 1.08 bits per heavy atom. The predicted molar refractivity (Wildman–Crippen MR) is 104 cm³/mol. The second-order valence-electron chi connectivity index (χ2n) is 5.79. The molecule has 0 atom stereocenters. The van der Waals surface area contributed by atoms with Gasteiger partial charge in [0.1, 0.15) is 5.52 Å². The molecule has 5 heteroatoms. The zero-order chi connectivity index (χ0) is 16.9. The summed E-state index contributed by atoms with van der Waals surface area (Å²) in [5, 5.41) is 6.93. The molecular weight excluding hydrogens is 318 g/mol. The first-order chi connectivity index (χ1) is 11.6. The number of nitrogens with zero attached hydrogens (tertiary/aromatic N) is 1. The first kappa shape index (κ1) is 16.5. The molecule has 0 fully saturated rings. The summed E-state index contributed by atoms with van der Waals surface area (Å²) in [6.45, 7) is 4.04. The Labute approximate surface area is 147 Å². The lowest BCUT2D eigenvalue weighted by molar-refractivity contribution is 0.561. The number of unbranched alkanes of at least 4 members (excludes halogenated alkanes) is 1. The number of hydrogen-bond donors (Lipinski definition) is 2. The van der Waals surface area contributed by atoms with Gasteiger partial charge in [-0.2, -0.15) is 0 Å². The predicted octanol–water partition coefficient (Wildman–Crippen LogP) is 5.29. The van der Waals surface area contributed by atoms with E-state index in [1.807, 2.05) is 25.1 Å². The monoisotopic (exact) mass is 339 g/mol. The smallest absolute Gasteiger partial charge is 0.192 e. The van der Waals surface area contributed by atoms with Crippen LogP contribution in [-0.4, -0.2) is 10.1 Å². The molecule has 0 saturated heterocycles. The van der Waals surface area contributed by atoms with Gasteiger partial charge < -0.3 is 15.1 Å². The van der Waals surface area contributed by atoms with Crippen molar-refractivity contribution in [1.82, 2.24) is 4.98 Å². The summed E-state index contributed by atoms with van der Waals surface area (Å²) < 4.78 is 5.48. The average Bonchev–Trinajstić information content (AvgIpc) is 2.93. The lowest BCUT2D eigenvalue weighted by atomic mass is 10.1. The van der Waals surface area contributed by atoms with Crippen LogP contribution < -0.4 is 10.6 Å². The first-order valence-electron chi connectivity index (χ1n) is 8.18. The van der Waals surface area contributed by atoms with Crippen LogP contribution in [0.1, 0.15) is 31.2 Å². The fourth-order valence-corrected chi connectivity index (χ4v) is 2.79. The summed E-state index contributed by atoms with van der Waals surface area (Å²) in [6, 6.07) is 14.1. The van der Waals surface area contributed by atoms with Crippen LogP contribution in [0.2, 0.25) is 0 Å². The summed E-state index contributed by atoms with van der Waals surface area (Å²) in [5.74, 6) is 0.658. The van der Waals surface area contributed by atoms with Crippen LogP contribution in [0.25, 0.3) is 11.1 Å². The van der Waals surface area contributed by atoms with Crippen LogP contribution in [0.15, 0.2) is 46.9 Å². The highest BCUT2D eigenvalue weighted by atomic mass is 32.1. The van der Waals surface area contributed by atoms with Crippen molar-refractivity contribution < 1.29 is 4.42 Å².